The second kappa shape index (κ2) is 7.43. The zero-order chi connectivity index (χ0) is 13.5. The Morgan fingerprint density at radius 3 is 3.16 bits per heavy atom. The van der Waals surface area contributed by atoms with Gasteiger partial charge in [0.2, 0.25) is 5.88 Å². The van der Waals surface area contributed by atoms with Gasteiger partial charge in [-0.05, 0) is 26.3 Å². The van der Waals surface area contributed by atoms with Crippen molar-refractivity contribution >= 4 is 0 Å². The lowest BCUT2D eigenvalue weighted by atomic mass is 10.2. The number of ether oxygens (including phenoxy) is 3. The molecule has 0 amide bonds. The molecule has 1 N–H and O–H groups in total. The molecule has 1 fully saturated rings. The molecule has 0 radical (unpaired) electrons. The standard InChI is InChI=1S/C14H22N2O3/c1-11(2)19-14-12(4-3-6-16-14)8-15-9-13-5-7-17-10-18-13/h3-4,6,11,13,15H,5,7-10H2,1-2H3. The minimum Gasteiger partial charge on any atom is -0.475 e. The van der Waals surface area contributed by atoms with Crippen LogP contribution in [0.1, 0.15) is 25.8 Å². The van der Waals surface area contributed by atoms with E-state index in [1.807, 2.05) is 26.0 Å². The molecule has 1 aliphatic rings. The van der Waals surface area contributed by atoms with E-state index in [4.69, 9.17) is 14.2 Å². The maximum absolute atomic E-state index is 5.69. The lowest BCUT2D eigenvalue weighted by Gasteiger charge is -2.23. The Balaban J connectivity index is 1.81. The van der Waals surface area contributed by atoms with Gasteiger partial charge in [-0.25, -0.2) is 4.98 Å². The molecule has 5 heteroatoms. The van der Waals surface area contributed by atoms with E-state index in [2.05, 4.69) is 10.3 Å². The van der Waals surface area contributed by atoms with E-state index in [1.165, 1.54) is 0 Å². The number of pyridine rings is 1. The summed E-state index contributed by atoms with van der Waals surface area (Å²) in [5.41, 5.74) is 1.07. The zero-order valence-corrected chi connectivity index (χ0v) is 11.6. The topological polar surface area (TPSA) is 52.6 Å². The molecule has 1 unspecified atom stereocenters. The maximum Gasteiger partial charge on any atom is 0.218 e. The highest BCUT2D eigenvalue weighted by Crippen LogP contribution is 2.15. The summed E-state index contributed by atoms with van der Waals surface area (Å²) in [5, 5.41) is 3.38. The molecule has 1 atom stereocenters. The summed E-state index contributed by atoms with van der Waals surface area (Å²) >= 11 is 0. The van der Waals surface area contributed by atoms with E-state index in [0.29, 0.717) is 12.7 Å². The molecule has 0 spiro atoms. The first kappa shape index (κ1) is 14.2. The van der Waals surface area contributed by atoms with Crippen molar-refractivity contribution < 1.29 is 14.2 Å². The number of rotatable bonds is 6. The lowest BCUT2D eigenvalue weighted by Crippen LogP contribution is -2.33. The van der Waals surface area contributed by atoms with Gasteiger partial charge in [0.25, 0.3) is 0 Å². The van der Waals surface area contributed by atoms with Crippen LogP contribution in [0.15, 0.2) is 18.3 Å². The first-order valence-corrected chi connectivity index (χ1v) is 6.76. The van der Waals surface area contributed by atoms with Crippen LogP contribution in [-0.2, 0) is 16.0 Å². The molecule has 2 heterocycles. The van der Waals surface area contributed by atoms with Gasteiger partial charge in [0.05, 0.1) is 18.8 Å². The normalized spacial score (nSPS) is 19.6. The molecular weight excluding hydrogens is 244 g/mol. The third-order valence-corrected chi connectivity index (χ3v) is 2.86. The van der Waals surface area contributed by atoms with E-state index >= 15 is 0 Å². The second-order valence-corrected chi connectivity index (χ2v) is 4.87. The predicted molar refractivity (Wildman–Crippen MR) is 72.0 cm³/mol. The second-order valence-electron chi connectivity index (χ2n) is 4.87. The van der Waals surface area contributed by atoms with Crippen molar-refractivity contribution in [3.8, 4) is 5.88 Å². The molecule has 19 heavy (non-hydrogen) atoms. The molecule has 1 aliphatic heterocycles. The summed E-state index contributed by atoms with van der Waals surface area (Å²) in [6.07, 6.45) is 3.06. The highest BCUT2D eigenvalue weighted by atomic mass is 16.7. The van der Waals surface area contributed by atoms with Crippen LogP contribution >= 0.6 is 0 Å². The Labute approximate surface area is 114 Å². The lowest BCUT2D eigenvalue weighted by molar-refractivity contribution is -0.137. The van der Waals surface area contributed by atoms with Gasteiger partial charge in [0.15, 0.2) is 0 Å². The van der Waals surface area contributed by atoms with Crippen LogP contribution in [0.2, 0.25) is 0 Å². The summed E-state index contributed by atoms with van der Waals surface area (Å²) in [6, 6.07) is 3.96. The fourth-order valence-electron chi connectivity index (χ4n) is 1.92. The first-order chi connectivity index (χ1) is 9.25. The minimum atomic E-state index is 0.132. The van der Waals surface area contributed by atoms with Crippen molar-refractivity contribution in [1.29, 1.82) is 0 Å². The monoisotopic (exact) mass is 266 g/mol. The Morgan fingerprint density at radius 1 is 1.53 bits per heavy atom. The Bertz CT molecular complexity index is 379. The molecule has 2 rings (SSSR count). The van der Waals surface area contributed by atoms with Gasteiger partial charge in [0, 0.05) is 24.8 Å². The van der Waals surface area contributed by atoms with Crippen LogP contribution in [0.25, 0.3) is 0 Å². The quantitative estimate of drug-likeness (QED) is 0.849. The van der Waals surface area contributed by atoms with E-state index in [-0.39, 0.29) is 12.2 Å². The van der Waals surface area contributed by atoms with Crippen molar-refractivity contribution in [3.05, 3.63) is 23.9 Å². The largest absolute Gasteiger partial charge is 0.475 e. The number of hydrogen-bond acceptors (Lipinski definition) is 5. The molecule has 1 saturated heterocycles. The van der Waals surface area contributed by atoms with E-state index < -0.39 is 0 Å². The van der Waals surface area contributed by atoms with Crippen molar-refractivity contribution in [1.82, 2.24) is 10.3 Å². The first-order valence-electron chi connectivity index (χ1n) is 6.76. The van der Waals surface area contributed by atoms with Gasteiger partial charge in [-0.15, -0.1) is 0 Å². The third kappa shape index (κ3) is 4.78. The van der Waals surface area contributed by atoms with Crippen LogP contribution in [0.3, 0.4) is 0 Å². The summed E-state index contributed by atoms with van der Waals surface area (Å²) < 4.78 is 16.3. The summed E-state index contributed by atoms with van der Waals surface area (Å²) in [7, 11) is 0. The highest BCUT2D eigenvalue weighted by molar-refractivity contribution is 5.25. The molecular formula is C14H22N2O3. The van der Waals surface area contributed by atoms with E-state index in [0.717, 1.165) is 31.7 Å². The minimum absolute atomic E-state index is 0.132. The highest BCUT2D eigenvalue weighted by Gasteiger charge is 2.14. The smallest absolute Gasteiger partial charge is 0.218 e. The Hall–Kier alpha value is -1.17. The van der Waals surface area contributed by atoms with Crippen molar-refractivity contribution in [2.45, 2.75) is 39.0 Å². The van der Waals surface area contributed by atoms with Gasteiger partial charge in [0.1, 0.15) is 6.79 Å². The van der Waals surface area contributed by atoms with Crippen LogP contribution in [-0.4, -0.2) is 37.1 Å². The average molecular weight is 266 g/mol. The average Bonchev–Trinajstić information content (AvgIpc) is 2.41. The van der Waals surface area contributed by atoms with E-state index in [9.17, 15) is 0 Å². The zero-order valence-electron chi connectivity index (χ0n) is 11.6. The fourth-order valence-corrected chi connectivity index (χ4v) is 1.92. The Morgan fingerprint density at radius 2 is 2.42 bits per heavy atom. The predicted octanol–water partition coefficient (Wildman–Crippen LogP) is 1.72. The SMILES string of the molecule is CC(C)Oc1ncccc1CNCC1CCOCO1. The Kier molecular flexibility index (Phi) is 5.57. The molecule has 1 aromatic rings. The molecule has 0 aromatic carbocycles. The maximum atomic E-state index is 5.69. The van der Waals surface area contributed by atoms with Gasteiger partial charge in [-0.1, -0.05) is 6.07 Å². The fraction of sp³-hybridized carbons (Fsp3) is 0.643. The van der Waals surface area contributed by atoms with Crippen LogP contribution in [0.5, 0.6) is 5.88 Å². The van der Waals surface area contributed by atoms with Crippen molar-refractivity contribution in [3.63, 3.8) is 0 Å². The molecule has 0 bridgehead atoms. The molecule has 1 aromatic heterocycles. The van der Waals surface area contributed by atoms with Gasteiger partial charge < -0.3 is 19.5 Å². The van der Waals surface area contributed by atoms with Gasteiger partial charge in [-0.2, -0.15) is 0 Å². The third-order valence-electron chi connectivity index (χ3n) is 2.86. The summed E-state index contributed by atoms with van der Waals surface area (Å²) in [4.78, 5) is 4.27. The van der Waals surface area contributed by atoms with Crippen LogP contribution in [0, 0.1) is 0 Å². The summed E-state index contributed by atoms with van der Waals surface area (Å²) in [6.45, 7) is 6.74. The number of hydrogen-bond donors (Lipinski definition) is 1. The molecule has 0 aliphatic carbocycles. The van der Waals surface area contributed by atoms with Crippen molar-refractivity contribution in [2.75, 3.05) is 19.9 Å². The van der Waals surface area contributed by atoms with E-state index in [1.54, 1.807) is 6.20 Å². The number of aromatic nitrogens is 1. The molecule has 0 saturated carbocycles. The molecule has 5 nitrogen and oxygen atoms in total. The van der Waals surface area contributed by atoms with Gasteiger partial charge >= 0.3 is 0 Å². The van der Waals surface area contributed by atoms with Crippen LogP contribution in [0.4, 0.5) is 0 Å². The number of nitrogens with zero attached hydrogens (tertiary/aromatic N) is 1. The van der Waals surface area contributed by atoms with Crippen molar-refractivity contribution in [2.24, 2.45) is 0 Å². The molecule has 106 valence electrons. The summed E-state index contributed by atoms with van der Waals surface area (Å²) in [5.74, 6) is 0.706. The number of nitrogens with one attached hydrogen (secondary N) is 1. The van der Waals surface area contributed by atoms with Crippen LogP contribution < -0.4 is 10.1 Å². The van der Waals surface area contributed by atoms with Gasteiger partial charge in [-0.3, -0.25) is 0 Å².